The van der Waals surface area contributed by atoms with Gasteiger partial charge < -0.3 is 9.64 Å². The first kappa shape index (κ1) is 12.4. The molecule has 0 aromatic rings. The van der Waals surface area contributed by atoms with E-state index in [1.807, 2.05) is 27.7 Å². The molecule has 17 heavy (non-hydrogen) atoms. The molecule has 0 spiro atoms. The van der Waals surface area contributed by atoms with Crippen molar-refractivity contribution in [1.29, 1.82) is 0 Å². The number of hydrogen-bond donors (Lipinski definition) is 0. The number of Topliss-reactive ketones (excluding diaryl/α,β-unsaturated/α-hetero) is 1. The second-order valence-corrected chi connectivity index (χ2v) is 6.83. The Morgan fingerprint density at radius 3 is 2.29 bits per heavy atom. The monoisotopic (exact) mass is 239 g/mol. The van der Waals surface area contributed by atoms with Crippen molar-refractivity contribution in [2.75, 3.05) is 13.1 Å². The standard InChI is InChI=1S/C13H21NO3/c1-11(2,3)17-10(16)14-7-12(4)6-9(15)13(12,5)8-14/h6-8H2,1-5H3. The summed E-state index contributed by atoms with van der Waals surface area (Å²) in [7, 11) is 0. The maximum absolute atomic E-state index is 12.0. The Hall–Kier alpha value is -1.06. The van der Waals surface area contributed by atoms with E-state index in [1.54, 1.807) is 4.90 Å². The summed E-state index contributed by atoms with van der Waals surface area (Å²) in [4.78, 5) is 25.4. The summed E-state index contributed by atoms with van der Waals surface area (Å²) in [6.45, 7) is 10.7. The normalized spacial score (nSPS) is 36.5. The van der Waals surface area contributed by atoms with Gasteiger partial charge in [0.05, 0.1) is 5.41 Å². The number of nitrogens with zero attached hydrogens (tertiary/aromatic N) is 1. The summed E-state index contributed by atoms with van der Waals surface area (Å²) in [5.74, 6) is 0.269. The Kier molecular flexibility index (Phi) is 2.36. The number of likely N-dealkylation sites (tertiary alicyclic amines) is 1. The van der Waals surface area contributed by atoms with E-state index >= 15 is 0 Å². The van der Waals surface area contributed by atoms with Crippen molar-refractivity contribution in [2.24, 2.45) is 10.8 Å². The van der Waals surface area contributed by atoms with E-state index in [9.17, 15) is 9.59 Å². The molecule has 4 nitrogen and oxygen atoms in total. The van der Waals surface area contributed by atoms with Gasteiger partial charge in [0.15, 0.2) is 0 Å². The average molecular weight is 239 g/mol. The lowest BCUT2D eigenvalue weighted by Gasteiger charge is -2.48. The molecule has 0 radical (unpaired) electrons. The van der Waals surface area contributed by atoms with E-state index < -0.39 is 5.60 Å². The van der Waals surface area contributed by atoms with Gasteiger partial charge in [-0.25, -0.2) is 4.79 Å². The maximum Gasteiger partial charge on any atom is 0.410 e. The molecule has 1 saturated heterocycles. The van der Waals surface area contributed by atoms with Gasteiger partial charge in [0.1, 0.15) is 11.4 Å². The Morgan fingerprint density at radius 1 is 1.29 bits per heavy atom. The molecule has 1 amide bonds. The largest absolute Gasteiger partial charge is 0.444 e. The van der Waals surface area contributed by atoms with E-state index in [2.05, 4.69) is 6.92 Å². The molecular formula is C13H21NO3. The number of hydrogen-bond acceptors (Lipinski definition) is 3. The zero-order valence-electron chi connectivity index (χ0n) is 11.3. The van der Waals surface area contributed by atoms with Crippen molar-refractivity contribution in [1.82, 2.24) is 4.90 Å². The maximum atomic E-state index is 12.0. The van der Waals surface area contributed by atoms with Crippen LogP contribution in [0.2, 0.25) is 0 Å². The molecule has 1 saturated carbocycles. The lowest BCUT2D eigenvalue weighted by atomic mass is 9.52. The molecule has 2 aliphatic rings. The molecular weight excluding hydrogens is 218 g/mol. The number of ether oxygens (including phenoxy) is 1. The highest BCUT2D eigenvalue weighted by Gasteiger charge is 2.65. The fourth-order valence-corrected chi connectivity index (χ4v) is 2.80. The minimum absolute atomic E-state index is 0.0546. The molecule has 1 aliphatic carbocycles. The average Bonchev–Trinajstić information content (AvgIpc) is 2.33. The zero-order valence-corrected chi connectivity index (χ0v) is 11.3. The van der Waals surface area contributed by atoms with E-state index in [-0.39, 0.29) is 22.7 Å². The number of rotatable bonds is 0. The molecule has 2 atom stereocenters. The van der Waals surface area contributed by atoms with E-state index in [1.165, 1.54) is 0 Å². The molecule has 2 unspecified atom stereocenters. The van der Waals surface area contributed by atoms with E-state index in [0.29, 0.717) is 19.5 Å². The highest BCUT2D eigenvalue weighted by molar-refractivity contribution is 5.94. The highest BCUT2D eigenvalue weighted by Crippen LogP contribution is 2.58. The third-order valence-corrected chi connectivity index (χ3v) is 4.20. The van der Waals surface area contributed by atoms with Gasteiger partial charge >= 0.3 is 6.09 Å². The Labute approximate surface area is 102 Å². The molecule has 2 rings (SSSR count). The molecule has 96 valence electrons. The zero-order chi connectivity index (χ0) is 13.1. The minimum Gasteiger partial charge on any atom is -0.444 e. The topological polar surface area (TPSA) is 46.6 Å². The lowest BCUT2D eigenvalue weighted by molar-refractivity contribution is -0.148. The van der Waals surface area contributed by atoms with Gasteiger partial charge in [-0.15, -0.1) is 0 Å². The van der Waals surface area contributed by atoms with Gasteiger partial charge in [-0.3, -0.25) is 4.79 Å². The van der Waals surface area contributed by atoms with Crippen molar-refractivity contribution in [2.45, 2.75) is 46.6 Å². The Morgan fingerprint density at radius 2 is 1.88 bits per heavy atom. The molecule has 4 heteroatoms. The second-order valence-electron chi connectivity index (χ2n) is 6.83. The summed E-state index contributed by atoms with van der Waals surface area (Å²) in [5, 5.41) is 0. The summed E-state index contributed by atoms with van der Waals surface area (Å²) in [6.07, 6.45) is 0.283. The van der Waals surface area contributed by atoms with Crippen LogP contribution in [0, 0.1) is 10.8 Å². The first-order valence-corrected chi connectivity index (χ1v) is 6.09. The summed E-state index contributed by atoms with van der Waals surface area (Å²) in [5.41, 5.74) is -0.893. The van der Waals surface area contributed by atoms with Crippen molar-refractivity contribution >= 4 is 11.9 Å². The second kappa shape index (κ2) is 3.24. The highest BCUT2D eigenvalue weighted by atomic mass is 16.6. The van der Waals surface area contributed by atoms with Crippen LogP contribution in [0.4, 0.5) is 4.79 Å². The van der Waals surface area contributed by atoms with Crippen molar-refractivity contribution in [3.05, 3.63) is 0 Å². The van der Waals surface area contributed by atoms with Crippen LogP contribution in [0.15, 0.2) is 0 Å². The first-order chi connectivity index (χ1) is 7.57. The summed E-state index contributed by atoms with van der Waals surface area (Å²) in [6, 6.07) is 0. The minimum atomic E-state index is -0.482. The number of ketones is 1. The van der Waals surface area contributed by atoms with Gasteiger partial charge in [-0.05, 0) is 20.8 Å². The van der Waals surface area contributed by atoms with Crippen LogP contribution >= 0.6 is 0 Å². The van der Waals surface area contributed by atoms with Gasteiger partial charge in [0, 0.05) is 24.9 Å². The van der Waals surface area contributed by atoms with Crippen molar-refractivity contribution in [3.63, 3.8) is 0 Å². The predicted molar refractivity (Wildman–Crippen MR) is 63.6 cm³/mol. The quantitative estimate of drug-likeness (QED) is 0.651. The van der Waals surface area contributed by atoms with Gasteiger partial charge in [0.25, 0.3) is 0 Å². The predicted octanol–water partition coefficient (Wildman–Crippen LogP) is 2.22. The van der Waals surface area contributed by atoms with Crippen LogP contribution in [0.5, 0.6) is 0 Å². The fourth-order valence-electron chi connectivity index (χ4n) is 2.80. The fraction of sp³-hybridized carbons (Fsp3) is 0.846. The molecule has 1 aliphatic heterocycles. The summed E-state index contributed by atoms with van der Waals surface area (Å²) < 4.78 is 5.35. The van der Waals surface area contributed by atoms with Crippen LogP contribution in [0.3, 0.4) is 0 Å². The molecule has 1 heterocycles. The molecule has 0 aromatic heterocycles. The third-order valence-electron chi connectivity index (χ3n) is 4.20. The van der Waals surface area contributed by atoms with E-state index in [4.69, 9.17) is 4.74 Å². The number of amides is 1. The lowest BCUT2D eigenvalue weighted by Crippen LogP contribution is -2.54. The molecule has 2 fully saturated rings. The summed E-state index contributed by atoms with van der Waals surface area (Å²) >= 11 is 0. The SMILES string of the molecule is CC(C)(C)OC(=O)N1CC2(C)CC(=O)C2(C)C1. The third kappa shape index (κ3) is 1.74. The number of fused-ring (bicyclic) bond motifs is 1. The number of carbonyl (C=O) groups excluding carboxylic acids is 2. The van der Waals surface area contributed by atoms with Crippen LogP contribution in [0.25, 0.3) is 0 Å². The first-order valence-electron chi connectivity index (χ1n) is 6.09. The molecule has 0 N–H and O–H groups in total. The Bertz CT molecular complexity index is 385. The van der Waals surface area contributed by atoms with Crippen LogP contribution < -0.4 is 0 Å². The Balaban J connectivity index is 2.08. The molecule has 0 aromatic carbocycles. The van der Waals surface area contributed by atoms with E-state index in [0.717, 1.165) is 0 Å². The number of carbonyl (C=O) groups is 2. The van der Waals surface area contributed by atoms with Gasteiger partial charge in [-0.1, -0.05) is 13.8 Å². The van der Waals surface area contributed by atoms with Crippen LogP contribution in [-0.2, 0) is 9.53 Å². The van der Waals surface area contributed by atoms with Crippen molar-refractivity contribution in [3.8, 4) is 0 Å². The van der Waals surface area contributed by atoms with Crippen molar-refractivity contribution < 1.29 is 14.3 Å². The smallest absolute Gasteiger partial charge is 0.410 e. The van der Waals surface area contributed by atoms with Gasteiger partial charge in [0.2, 0.25) is 0 Å². The van der Waals surface area contributed by atoms with Gasteiger partial charge in [-0.2, -0.15) is 0 Å². The van der Waals surface area contributed by atoms with Crippen LogP contribution in [-0.4, -0.2) is 35.5 Å². The molecule has 0 bridgehead atoms. The van der Waals surface area contributed by atoms with Crippen LogP contribution in [0.1, 0.15) is 41.0 Å².